The molecule has 2 heterocycles. The lowest BCUT2D eigenvalue weighted by molar-refractivity contribution is -0.125. The van der Waals surface area contributed by atoms with Gasteiger partial charge in [-0.1, -0.05) is 0 Å². The van der Waals surface area contributed by atoms with Crippen molar-refractivity contribution in [1.82, 2.24) is 0 Å². The summed E-state index contributed by atoms with van der Waals surface area (Å²) < 4.78 is 9.32. The van der Waals surface area contributed by atoms with E-state index in [1.165, 1.54) is 11.8 Å². The predicted molar refractivity (Wildman–Crippen MR) is 119 cm³/mol. The first kappa shape index (κ1) is 23.5. The number of rotatable bonds is 8. The van der Waals surface area contributed by atoms with Gasteiger partial charge in [0.25, 0.3) is 0 Å². The second kappa shape index (κ2) is 7.50. The van der Waals surface area contributed by atoms with Gasteiger partial charge in [-0.3, -0.25) is 9.59 Å². The minimum atomic E-state index is -0.770. The molecule has 4 nitrogen and oxygen atoms in total. The molecule has 0 radical (unpaired) electrons. The fourth-order valence-corrected chi connectivity index (χ4v) is 6.52. The molecular formula is C24H34O4S. The van der Waals surface area contributed by atoms with Gasteiger partial charge in [0, 0.05) is 11.1 Å². The third-order valence-corrected chi connectivity index (χ3v) is 7.20. The summed E-state index contributed by atoms with van der Waals surface area (Å²) in [5, 5.41) is 0. The van der Waals surface area contributed by atoms with E-state index in [1.54, 1.807) is 12.5 Å². The lowest BCUT2D eigenvalue weighted by Gasteiger charge is -2.40. The molecule has 160 valence electrons. The Balaban J connectivity index is 2.32. The van der Waals surface area contributed by atoms with Crippen LogP contribution in [0.1, 0.15) is 78.0 Å². The first-order valence-corrected chi connectivity index (χ1v) is 10.8. The van der Waals surface area contributed by atoms with Crippen molar-refractivity contribution >= 4 is 23.3 Å². The fraction of sp³-hybridized carbons (Fsp3) is 0.583. The number of hydrogen-bond donors (Lipinski definition) is 0. The largest absolute Gasteiger partial charge is 0.469 e. The zero-order valence-electron chi connectivity index (χ0n) is 19.4. The third kappa shape index (κ3) is 4.25. The highest BCUT2D eigenvalue weighted by molar-refractivity contribution is 8.03. The molecule has 2 aromatic heterocycles. The molecule has 0 unspecified atom stereocenters. The van der Waals surface area contributed by atoms with E-state index >= 15 is 0 Å². The zero-order valence-corrected chi connectivity index (χ0v) is 20.2. The van der Waals surface area contributed by atoms with Crippen molar-refractivity contribution in [2.75, 3.05) is 0 Å². The first-order chi connectivity index (χ1) is 13.0. The van der Waals surface area contributed by atoms with Crippen LogP contribution < -0.4 is 0 Å². The second-order valence-electron chi connectivity index (χ2n) is 9.81. The Kier molecular flexibility index (Phi) is 6.08. The van der Waals surface area contributed by atoms with E-state index in [1.807, 2.05) is 81.4 Å². The van der Waals surface area contributed by atoms with Gasteiger partial charge in [-0.25, -0.2) is 0 Å². The summed E-state index contributed by atoms with van der Waals surface area (Å²) in [5.41, 5.74) is 0.330. The number of thioether (sulfide) groups is 1. The first-order valence-electron chi connectivity index (χ1n) is 9.94. The molecule has 5 heteroatoms. The van der Waals surface area contributed by atoms with E-state index in [0.717, 1.165) is 22.6 Å². The molecule has 0 aliphatic rings. The van der Waals surface area contributed by atoms with Gasteiger partial charge in [0.15, 0.2) is 11.6 Å². The fourth-order valence-electron chi connectivity index (χ4n) is 4.55. The quantitative estimate of drug-likeness (QED) is 0.513. The van der Waals surface area contributed by atoms with E-state index in [4.69, 9.17) is 8.83 Å². The van der Waals surface area contributed by atoms with Crippen molar-refractivity contribution < 1.29 is 18.4 Å². The standard InChI is InChI=1S/C24H34O4S/c1-15-17(11-13-27-15)21(3,4)19(25)23(7,8)29-24(9,10)20(26)22(5,6)18-12-14-28-16(18)2/h11-14H,1-10H3. The molecule has 2 rings (SSSR count). The van der Waals surface area contributed by atoms with Crippen LogP contribution >= 0.6 is 11.8 Å². The van der Waals surface area contributed by atoms with E-state index in [-0.39, 0.29) is 11.6 Å². The van der Waals surface area contributed by atoms with Crippen LogP contribution in [-0.2, 0) is 20.4 Å². The number of carbonyl (C=O) groups excluding carboxylic acids is 2. The van der Waals surface area contributed by atoms with Crippen molar-refractivity contribution in [3.05, 3.63) is 47.3 Å². The summed E-state index contributed by atoms with van der Waals surface area (Å²) in [5.74, 6) is 1.63. The topological polar surface area (TPSA) is 60.4 Å². The maximum Gasteiger partial charge on any atom is 0.158 e. The Hall–Kier alpha value is -1.75. The zero-order chi connectivity index (χ0) is 22.4. The Labute approximate surface area is 178 Å². The highest BCUT2D eigenvalue weighted by Crippen LogP contribution is 2.46. The Morgan fingerprint density at radius 1 is 0.690 bits per heavy atom. The lowest BCUT2D eigenvalue weighted by Crippen LogP contribution is -2.49. The van der Waals surface area contributed by atoms with Gasteiger partial charge in [-0.15, -0.1) is 11.8 Å². The number of furan rings is 2. The van der Waals surface area contributed by atoms with Gasteiger partial charge < -0.3 is 8.83 Å². The van der Waals surface area contributed by atoms with E-state index in [9.17, 15) is 9.59 Å². The van der Waals surface area contributed by atoms with Crippen LogP contribution in [-0.4, -0.2) is 21.1 Å². The van der Waals surface area contributed by atoms with Crippen LogP contribution in [0.5, 0.6) is 0 Å². The number of aryl methyl sites for hydroxylation is 2. The van der Waals surface area contributed by atoms with Crippen molar-refractivity contribution in [3.8, 4) is 0 Å². The predicted octanol–water partition coefficient (Wildman–Crippen LogP) is 6.17. The van der Waals surface area contributed by atoms with Gasteiger partial charge in [-0.05, 0) is 81.4 Å². The van der Waals surface area contributed by atoms with Crippen LogP contribution in [0.4, 0.5) is 0 Å². The van der Waals surface area contributed by atoms with Crippen LogP contribution in [0, 0.1) is 13.8 Å². The maximum atomic E-state index is 13.6. The van der Waals surface area contributed by atoms with E-state index < -0.39 is 20.3 Å². The molecule has 0 bridgehead atoms. The Morgan fingerprint density at radius 3 is 1.24 bits per heavy atom. The second-order valence-corrected chi connectivity index (χ2v) is 12.1. The van der Waals surface area contributed by atoms with Gasteiger partial charge in [0.1, 0.15) is 11.5 Å². The van der Waals surface area contributed by atoms with Crippen LogP contribution in [0.15, 0.2) is 33.5 Å². The summed E-state index contributed by atoms with van der Waals surface area (Å²) in [7, 11) is 0. The number of ketones is 2. The highest BCUT2D eigenvalue weighted by atomic mass is 32.2. The van der Waals surface area contributed by atoms with Crippen molar-refractivity contribution in [3.63, 3.8) is 0 Å². The van der Waals surface area contributed by atoms with Gasteiger partial charge in [-0.2, -0.15) is 0 Å². The summed E-state index contributed by atoms with van der Waals surface area (Å²) in [6, 6.07) is 3.71. The van der Waals surface area contributed by atoms with Crippen molar-refractivity contribution in [2.24, 2.45) is 0 Å². The molecule has 0 aliphatic carbocycles. The minimum absolute atomic E-state index is 0.0673. The normalized spacial score (nSPS) is 13.6. The molecule has 0 amide bonds. The van der Waals surface area contributed by atoms with Crippen LogP contribution in [0.3, 0.4) is 0 Å². The summed E-state index contributed by atoms with van der Waals surface area (Å²) in [6.45, 7) is 19.0. The molecule has 29 heavy (non-hydrogen) atoms. The van der Waals surface area contributed by atoms with E-state index in [0.29, 0.717) is 0 Å². The van der Waals surface area contributed by atoms with Crippen molar-refractivity contribution in [1.29, 1.82) is 0 Å². The number of carbonyl (C=O) groups is 2. The summed E-state index contributed by atoms with van der Waals surface area (Å²) >= 11 is 1.42. The van der Waals surface area contributed by atoms with Gasteiger partial charge >= 0.3 is 0 Å². The maximum absolute atomic E-state index is 13.6. The molecule has 2 aromatic rings. The summed E-state index contributed by atoms with van der Waals surface area (Å²) in [4.78, 5) is 27.2. The molecule has 0 N–H and O–H groups in total. The highest BCUT2D eigenvalue weighted by Gasteiger charge is 2.49. The molecular weight excluding hydrogens is 384 g/mol. The van der Waals surface area contributed by atoms with Gasteiger partial charge in [0.2, 0.25) is 0 Å². The minimum Gasteiger partial charge on any atom is -0.469 e. The monoisotopic (exact) mass is 418 g/mol. The third-order valence-electron chi connectivity index (χ3n) is 5.80. The SMILES string of the molecule is Cc1occc1C(C)(C)C(=O)C(C)(C)SC(C)(C)C(=O)C(C)(C)c1ccoc1C. The molecule has 0 fully saturated rings. The smallest absolute Gasteiger partial charge is 0.158 e. The lowest BCUT2D eigenvalue weighted by atomic mass is 9.76. The summed E-state index contributed by atoms with van der Waals surface area (Å²) in [6.07, 6.45) is 3.23. The molecule has 0 aliphatic heterocycles. The average Bonchev–Trinajstić information content (AvgIpc) is 3.21. The van der Waals surface area contributed by atoms with E-state index in [2.05, 4.69) is 0 Å². The molecule has 0 saturated carbocycles. The van der Waals surface area contributed by atoms with Crippen LogP contribution in [0.25, 0.3) is 0 Å². The molecule has 0 atom stereocenters. The van der Waals surface area contributed by atoms with Gasteiger partial charge in [0.05, 0.1) is 32.9 Å². The Morgan fingerprint density at radius 2 is 1.00 bits per heavy atom. The molecule has 0 aromatic carbocycles. The average molecular weight is 419 g/mol. The molecule has 0 saturated heterocycles. The van der Waals surface area contributed by atoms with Crippen LogP contribution in [0.2, 0.25) is 0 Å². The number of hydrogen-bond acceptors (Lipinski definition) is 5. The Bertz CT molecular complexity index is 835. The van der Waals surface area contributed by atoms with Crippen molar-refractivity contribution in [2.45, 2.75) is 89.6 Å². The molecule has 0 spiro atoms. The number of Topliss-reactive ketones (excluding diaryl/α,β-unsaturated/α-hetero) is 2.